The molecule has 10 nitrogen and oxygen atoms in total. The maximum Gasteiger partial charge on any atom is 0.324 e. The number of nitrogens with one attached hydrogen (secondary N) is 1. The van der Waals surface area contributed by atoms with Gasteiger partial charge in [0.25, 0.3) is 5.69 Å². The molecule has 10 heteroatoms. The Kier molecular flexibility index (Phi) is 4.31. The number of imide groups is 1. The number of aromatic hydroxyl groups is 1. The third kappa shape index (κ3) is 2.57. The van der Waals surface area contributed by atoms with Crippen molar-refractivity contribution in [2.45, 2.75) is 18.5 Å². The number of nitro benzene ring substituents is 1. The molecule has 0 spiro atoms. The van der Waals surface area contributed by atoms with Gasteiger partial charge in [0, 0.05) is 17.7 Å². The molecule has 2 amide bonds. The monoisotopic (exact) mass is 411 g/mol. The molecule has 0 aliphatic carbocycles. The van der Waals surface area contributed by atoms with Crippen LogP contribution in [0.3, 0.4) is 0 Å². The minimum atomic E-state index is -1.82. The largest absolute Gasteiger partial charge is 0.508 e. The summed E-state index contributed by atoms with van der Waals surface area (Å²) >= 11 is 0. The standard InChI is InChI=1S/C20H17N3O7/c1-20(19(27)28)15-14(16(21-20)10-6-2-5-9-13(10)24)17(25)22(18(15)26)11-7-3-4-8-12(11)23(29)30/h2-9,14-16,21,24H,1H3,(H,27,28)/t14-,15-,16-,20-/m1/s1. The smallest absolute Gasteiger partial charge is 0.324 e. The molecule has 2 aromatic rings. The second kappa shape index (κ2) is 6.63. The highest BCUT2D eigenvalue weighted by atomic mass is 16.6. The Morgan fingerprint density at radius 1 is 1.13 bits per heavy atom. The number of benzene rings is 2. The van der Waals surface area contributed by atoms with Gasteiger partial charge in [-0.3, -0.25) is 29.8 Å². The first-order chi connectivity index (χ1) is 14.2. The summed E-state index contributed by atoms with van der Waals surface area (Å²) in [5.74, 6) is -5.58. The van der Waals surface area contributed by atoms with Gasteiger partial charge >= 0.3 is 5.97 Å². The fourth-order valence-corrected chi connectivity index (χ4v) is 4.40. The molecule has 2 saturated heterocycles. The second-order valence-corrected chi connectivity index (χ2v) is 7.45. The summed E-state index contributed by atoms with van der Waals surface area (Å²) in [6, 6.07) is 10.4. The topological polar surface area (TPSA) is 150 Å². The van der Waals surface area contributed by atoms with Crippen LogP contribution < -0.4 is 10.2 Å². The summed E-state index contributed by atoms with van der Waals surface area (Å²) in [6.07, 6.45) is 0. The Hall–Kier alpha value is -3.79. The van der Waals surface area contributed by atoms with E-state index in [1.54, 1.807) is 12.1 Å². The van der Waals surface area contributed by atoms with E-state index in [1.807, 2.05) is 0 Å². The van der Waals surface area contributed by atoms with Gasteiger partial charge < -0.3 is 10.2 Å². The van der Waals surface area contributed by atoms with E-state index in [4.69, 9.17) is 0 Å². The highest BCUT2D eigenvalue weighted by molar-refractivity contribution is 6.25. The third-order valence-electron chi connectivity index (χ3n) is 5.82. The molecule has 0 unspecified atom stereocenters. The molecule has 154 valence electrons. The minimum absolute atomic E-state index is 0.159. The zero-order valence-electron chi connectivity index (χ0n) is 15.7. The van der Waals surface area contributed by atoms with Gasteiger partial charge in [0.1, 0.15) is 17.0 Å². The van der Waals surface area contributed by atoms with E-state index in [1.165, 1.54) is 43.3 Å². The number of phenolic OH excluding ortho intramolecular Hbond substituents is 1. The van der Waals surface area contributed by atoms with Crippen molar-refractivity contribution in [1.82, 2.24) is 5.32 Å². The molecular formula is C20H17N3O7. The number of phenols is 1. The zero-order valence-corrected chi connectivity index (χ0v) is 15.7. The van der Waals surface area contributed by atoms with Crippen molar-refractivity contribution < 1.29 is 29.5 Å². The number of hydrogen-bond acceptors (Lipinski definition) is 7. The lowest BCUT2D eigenvalue weighted by molar-refractivity contribution is -0.384. The molecular weight excluding hydrogens is 394 g/mol. The first-order valence-electron chi connectivity index (χ1n) is 9.08. The summed E-state index contributed by atoms with van der Waals surface area (Å²) in [5.41, 5.74) is -2.20. The van der Waals surface area contributed by atoms with Gasteiger partial charge in [-0.2, -0.15) is 0 Å². The van der Waals surface area contributed by atoms with Crippen molar-refractivity contribution in [3.8, 4) is 5.75 Å². The summed E-state index contributed by atoms with van der Waals surface area (Å²) in [6.45, 7) is 1.29. The van der Waals surface area contributed by atoms with E-state index < -0.39 is 51.8 Å². The predicted molar refractivity (Wildman–Crippen MR) is 103 cm³/mol. The Labute approximate surface area is 169 Å². The molecule has 0 saturated carbocycles. The summed E-state index contributed by atoms with van der Waals surface area (Å²) in [5, 5.41) is 34.4. The van der Waals surface area contributed by atoms with Crippen molar-refractivity contribution >= 4 is 29.2 Å². The Balaban J connectivity index is 1.88. The highest BCUT2D eigenvalue weighted by Crippen LogP contribution is 2.51. The number of anilines is 1. The molecule has 0 radical (unpaired) electrons. The van der Waals surface area contributed by atoms with Crippen molar-refractivity contribution in [2.75, 3.05) is 4.90 Å². The number of nitrogens with zero attached hydrogens (tertiary/aromatic N) is 2. The average molecular weight is 411 g/mol. The number of nitro groups is 1. The highest BCUT2D eigenvalue weighted by Gasteiger charge is 2.67. The fraction of sp³-hybridized carbons (Fsp3) is 0.250. The number of carbonyl (C=O) groups excluding carboxylic acids is 2. The molecule has 3 N–H and O–H groups in total. The van der Waals surface area contributed by atoms with Crippen LogP contribution in [0.15, 0.2) is 48.5 Å². The molecule has 2 fully saturated rings. The Bertz CT molecular complexity index is 1100. The lowest BCUT2D eigenvalue weighted by Crippen LogP contribution is -2.53. The molecule has 2 aliphatic heterocycles. The maximum absolute atomic E-state index is 13.3. The fourth-order valence-electron chi connectivity index (χ4n) is 4.40. The molecule has 2 aliphatic rings. The van der Waals surface area contributed by atoms with E-state index in [2.05, 4.69) is 5.32 Å². The van der Waals surface area contributed by atoms with Gasteiger partial charge in [-0.25, -0.2) is 4.90 Å². The average Bonchev–Trinajstić information content (AvgIpc) is 3.16. The van der Waals surface area contributed by atoms with Gasteiger partial charge in [-0.05, 0) is 19.1 Å². The van der Waals surface area contributed by atoms with E-state index in [0.29, 0.717) is 4.90 Å². The van der Waals surface area contributed by atoms with E-state index >= 15 is 0 Å². The number of aliphatic carboxylic acids is 1. The molecule has 4 rings (SSSR count). The van der Waals surface area contributed by atoms with Gasteiger partial charge in [-0.1, -0.05) is 30.3 Å². The Morgan fingerprint density at radius 2 is 1.77 bits per heavy atom. The van der Waals surface area contributed by atoms with Crippen LogP contribution in [-0.2, 0) is 14.4 Å². The van der Waals surface area contributed by atoms with Crippen LogP contribution in [0.2, 0.25) is 0 Å². The zero-order chi connectivity index (χ0) is 21.8. The third-order valence-corrected chi connectivity index (χ3v) is 5.82. The van der Waals surface area contributed by atoms with Crippen LogP contribution in [0.4, 0.5) is 11.4 Å². The molecule has 0 bridgehead atoms. The minimum Gasteiger partial charge on any atom is -0.508 e. The van der Waals surface area contributed by atoms with Crippen LogP contribution in [0.5, 0.6) is 5.75 Å². The van der Waals surface area contributed by atoms with Gasteiger partial charge in [0.05, 0.1) is 16.8 Å². The van der Waals surface area contributed by atoms with Gasteiger partial charge in [-0.15, -0.1) is 0 Å². The lowest BCUT2D eigenvalue weighted by Gasteiger charge is -2.27. The normalized spacial score (nSPS) is 27.9. The second-order valence-electron chi connectivity index (χ2n) is 7.45. The SMILES string of the molecule is C[C@@]1(C(=O)O)N[C@H](c2ccccc2O)[C@@H]2C(=O)N(c3ccccc3[N+](=O)[O-])C(=O)[C@@H]21. The van der Waals surface area contributed by atoms with E-state index in [0.717, 1.165) is 0 Å². The maximum atomic E-state index is 13.3. The van der Waals surface area contributed by atoms with Gasteiger partial charge in [0.15, 0.2) is 0 Å². The molecule has 0 aromatic heterocycles. The number of carboxylic acids is 1. The summed E-state index contributed by atoms with van der Waals surface area (Å²) < 4.78 is 0. The number of para-hydroxylation sites is 3. The number of rotatable bonds is 4. The molecule has 4 atom stereocenters. The predicted octanol–water partition coefficient (Wildman–Crippen LogP) is 1.59. The lowest BCUT2D eigenvalue weighted by atomic mass is 9.80. The molecule has 2 heterocycles. The van der Waals surface area contributed by atoms with Crippen LogP contribution in [0.25, 0.3) is 0 Å². The van der Waals surface area contributed by atoms with E-state index in [-0.39, 0.29) is 17.0 Å². The van der Waals surface area contributed by atoms with Crippen molar-refractivity contribution in [2.24, 2.45) is 11.8 Å². The number of amides is 2. The number of fused-ring (bicyclic) bond motifs is 1. The first kappa shape index (κ1) is 19.5. The van der Waals surface area contributed by atoms with Crippen LogP contribution in [-0.4, -0.2) is 38.5 Å². The number of carbonyl (C=O) groups is 3. The van der Waals surface area contributed by atoms with Crippen molar-refractivity contribution in [3.05, 3.63) is 64.2 Å². The van der Waals surface area contributed by atoms with Crippen LogP contribution in [0, 0.1) is 22.0 Å². The summed E-state index contributed by atoms with van der Waals surface area (Å²) in [7, 11) is 0. The molecule has 2 aromatic carbocycles. The summed E-state index contributed by atoms with van der Waals surface area (Å²) in [4.78, 5) is 50.1. The van der Waals surface area contributed by atoms with Crippen LogP contribution >= 0.6 is 0 Å². The van der Waals surface area contributed by atoms with Crippen molar-refractivity contribution in [3.63, 3.8) is 0 Å². The number of hydrogen-bond donors (Lipinski definition) is 3. The van der Waals surface area contributed by atoms with Gasteiger partial charge in [0.2, 0.25) is 11.8 Å². The number of carboxylic acid groups (broad SMARTS) is 1. The quantitative estimate of drug-likeness (QED) is 0.390. The van der Waals surface area contributed by atoms with Crippen LogP contribution in [0.1, 0.15) is 18.5 Å². The van der Waals surface area contributed by atoms with E-state index in [9.17, 15) is 34.7 Å². The Morgan fingerprint density at radius 3 is 2.40 bits per heavy atom. The first-order valence-corrected chi connectivity index (χ1v) is 9.08. The van der Waals surface area contributed by atoms with Crippen molar-refractivity contribution in [1.29, 1.82) is 0 Å². The molecule has 30 heavy (non-hydrogen) atoms.